The fourth-order valence-electron chi connectivity index (χ4n) is 0.872. The molecule has 16 heavy (non-hydrogen) atoms. The highest BCUT2D eigenvalue weighted by Gasteiger charge is 2.21. The molecule has 0 fully saturated rings. The minimum atomic E-state index is -0.348. The topological polar surface area (TPSA) is 29.1 Å². The lowest BCUT2D eigenvalue weighted by Crippen LogP contribution is -2.27. The minimum Gasteiger partial charge on any atom is -0.325 e. The van der Waals surface area contributed by atoms with Gasteiger partial charge in [-0.05, 0) is 34.7 Å². The number of hydrogen-bond donors (Lipinski definition) is 1. The average molecular weight is 333 g/mol. The minimum absolute atomic E-state index is 0.0432. The normalized spacial score (nSPS) is 10.1. The first kappa shape index (κ1) is 15.4. The molecule has 0 radical (unpaired) electrons. The Bertz CT molecular complexity index is 342. The molecule has 0 unspecified atom stereocenters. The highest BCUT2D eigenvalue weighted by atomic mass is 127. The molecule has 0 saturated carbocycles. The molecule has 0 aliphatic carbocycles. The summed E-state index contributed by atoms with van der Waals surface area (Å²) < 4.78 is 1.06. The van der Waals surface area contributed by atoms with E-state index >= 15 is 0 Å². The number of carbonyl (C=O) groups is 1. The van der Waals surface area contributed by atoms with Gasteiger partial charge < -0.3 is 5.32 Å². The second kappa shape index (κ2) is 6.89. The Morgan fingerprint density at radius 1 is 1.19 bits per heavy atom. The van der Waals surface area contributed by atoms with Crippen LogP contribution in [0, 0.1) is 8.99 Å². The van der Waals surface area contributed by atoms with Crippen LogP contribution in [0.5, 0.6) is 0 Å². The molecule has 0 bridgehead atoms. The van der Waals surface area contributed by atoms with E-state index in [0.29, 0.717) is 0 Å². The molecule has 0 heterocycles. The van der Waals surface area contributed by atoms with Gasteiger partial charge in [-0.2, -0.15) is 0 Å². The molecule has 0 aliphatic rings. The number of benzene rings is 1. The molecule has 0 saturated heterocycles. The molecule has 0 atom stereocenters. The standard InChI is InChI=1S/C11H14INO.C2H6/c1-11(2,3)10(14)13-9-7-5-4-6-8(9)12;1-2/h4-7H,1-3H3,(H,13,14);1-2H3. The summed E-state index contributed by atoms with van der Waals surface area (Å²) in [6.45, 7) is 9.70. The molecule has 0 aromatic heterocycles. The number of hydrogen-bond acceptors (Lipinski definition) is 1. The van der Waals surface area contributed by atoms with Crippen molar-refractivity contribution in [3.63, 3.8) is 0 Å². The third-order valence-electron chi connectivity index (χ3n) is 1.80. The summed E-state index contributed by atoms with van der Waals surface area (Å²) in [6.07, 6.45) is 0. The van der Waals surface area contributed by atoms with Gasteiger partial charge in [0.1, 0.15) is 0 Å². The van der Waals surface area contributed by atoms with E-state index in [0.717, 1.165) is 9.26 Å². The van der Waals surface area contributed by atoms with E-state index < -0.39 is 0 Å². The summed E-state index contributed by atoms with van der Waals surface area (Å²) in [7, 11) is 0. The average Bonchev–Trinajstić information content (AvgIpc) is 2.23. The largest absolute Gasteiger partial charge is 0.325 e. The lowest BCUT2D eigenvalue weighted by Gasteiger charge is -2.18. The van der Waals surface area contributed by atoms with Crippen molar-refractivity contribution < 1.29 is 4.79 Å². The Morgan fingerprint density at radius 2 is 1.69 bits per heavy atom. The van der Waals surface area contributed by atoms with Gasteiger partial charge in [0, 0.05) is 8.99 Å². The Balaban J connectivity index is 0.00000106. The molecule has 1 amide bonds. The van der Waals surface area contributed by atoms with E-state index in [4.69, 9.17) is 0 Å². The summed E-state index contributed by atoms with van der Waals surface area (Å²) >= 11 is 2.21. The summed E-state index contributed by atoms with van der Waals surface area (Å²) in [5, 5.41) is 2.90. The maximum Gasteiger partial charge on any atom is 0.229 e. The molecule has 1 rings (SSSR count). The molecular formula is C13H20INO. The van der Waals surface area contributed by atoms with E-state index in [9.17, 15) is 4.79 Å². The van der Waals surface area contributed by atoms with Gasteiger partial charge in [-0.25, -0.2) is 0 Å². The van der Waals surface area contributed by atoms with E-state index in [1.54, 1.807) is 0 Å². The molecule has 0 spiro atoms. The second-order valence-electron chi connectivity index (χ2n) is 4.18. The lowest BCUT2D eigenvalue weighted by atomic mass is 9.95. The van der Waals surface area contributed by atoms with Crippen LogP contribution in [0.1, 0.15) is 34.6 Å². The van der Waals surface area contributed by atoms with Crippen molar-refractivity contribution in [1.82, 2.24) is 0 Å². The molecular weight excluding hydrogens is 313 g/mol. The number of anilines is 1. The maximum absolute atomic E-state index is 11.7. The third-order valence-corrected chi connectivity index (χ3v) is 2.74. The van der Waals surface area contributed by atoms with Gasteiger partial charge in [0.2, 0.25) is 5.91 Å². The molecule has 1 aromatic rings. The zero-order valence-electron chi connectivity index (χ0n) is 10.6. The fourth-order valence-corrected chi connectivity index (χ4v) is 1.39. The van der Waals surface area contributed by atoms with Crippen LogP contribution in [0.3, 0.4) is 0 Å². The summed E-state index contributed by atoms with van der Waals surface area (Å²) in [5.41, 5.74) is 0.534. The number of para-hydroxylation sites is 1. The predicted molar refractivity (Wildman–Crippen MR) is 78.6 cm³/mol. The van der Waals surface area contributed by atoms with Gasteiger partial charge >= 0.3 is 0 Å². The van der Waals surface area contributed by atoms with Crippen molar-refractivity contribution in [3.05, 3.63) is 27.8 Å². The molecule has 2 nitrogen and oxygen atoms in total. The summed E-state index contributed by atoms with van der Waals surface area (Å²) in [6, 6.07) is 7.75. The fraction of sp³-hybridized carbons (Fsp3) is 0.462. The van der Waals surface area contributed by atoms with Crippen molar-refractivity contribution in [1.29, 1.82) is 0 Å². The van der Waals surface area contributed by atoms with Crippen LogP contribution >= 0.6 is 22.6 Å². The van der Waals surface area contributed by atoms with E-state index in [-0.39, 0.29) is 11.3 Å². The van der Waals surface area contributed by atoms with Crippen molar-refractivity contribution in [3.8, 4) is 0 Å². The van der Waals surface area contributed by atoms with Crippen LogP contribution in [0.25, 0.3) is 0 Å². The number of halogens is 1. The lowest BCUT2D eigenvalue weighted by molar-refractivity contribution is -0.123. The van der Waals surface area contributed by atoms with Crippen LogP contribution in [-0.4, -0.2) is 5.91 Å². The number of nitrogens with one attached hydrogen (secondary N) is 1. The zero-order valence-corrected chi connectivity index (χ0v) is 12.8. The van der Waals surface area contributed by atoms with E-state index in [2.05, 4.69) is 27.9 Å². The smallest absolute Gasteiger partial charge is 0.229 e. The van der Waals surface area contributed by atoms with Gasteiger partial charge in [-0.15, -0.1) is 0 Å². The molecule has 1 N–H and O–H groups in total. The van der Waals surface area contributed by atoms with E-state index in [1.165, 1.54) is 0 Å². The zero-order chi connectivity index (χ0) is 12.8. The summed E-state index contributed by atoms with van der Waals surface area (Å²) in [4.78, 5) is 11.7. The number of amides is 1. The summed E-state index contributed by atoms with van der Waals surface area (Å²) in [5.74, 6) is 0.0432. The van der Waals surface area contributed by atoms with Crippen LogP contribution in [0.2, 0.25) is 0 Å². The van der Waals surface area contributed by atoms with Crippen molar-refractivity contribution in [2.45, 2.75) is 34.6 Å². The quantitative estimate of drug-likeness (QED) is 0.763. The molecule has 1 aromatic carbocycles. The van der Waals surface area contributed by atoms with Crippen LogP contribution in [-0.2, 0) is 4.79 Å². The van der Waals surface area contributed by atoms with Crippen LogP contribution in [0.15, 0.2) is 24.3 Å². The van der Waals surface area contributed by atoms with Gasteiger partial charge in [0.05, 0.1) is 5.69 Å². The first-order chi connectivity index (χ1) is 7.41. The monoisotopic (exact) mass is 333 g/mol. The Kier molecular flexibility index (Phi) is 6.64. The Morgan fingerprint density at radius 3 is 2.12 bits per heavy atom. The highest BCUT2D eigenvalue weighted by Crippen LogP contribution is 2.21. The van der Waals surface area contributed by atoms with Crippen molar-refractivity contribution in [2.24, 2.45) is 5.41 Å². The third kappa shape index (κ3) is 4.96. The van der Waals surface area contributed by atoms with E-state index in [1.807, 2.05) is 58.9 Å². The van der Waals surface area contributed by atoms with Gasteiger partial charge in [0.25, 0.3) is 0 Å². The number of rotatable bonds is 1. The van der Waals surface area contributed by atoms with Crippen molar-refractivity contribution >= 4 is 34.2 Å². The first-order valence-corrected chi connectivity index (χ1v) is 6.55. The molecule has 0 aliphatic heterocycles. The first-order valence-electron chi connectivity index (χ1n) is 5.47. The Hall–Kier alpha value is -0.580. The van der Waals surface area contributed by atoms with Crippen LogP contribution < -0.4 is 5.32 Å². The Labute approximate surface area is 112 Å². The molecule has 90 valence electrons. The van der Waals surface area contributed by atoms with Gasteiger partial charge in [0.15, 0.2) is 0 Å². The van der Waals surface area contributed by atoms with Gasteiger partial charge in [-0.3, -0.25) is 4.79 Å². The van der Waals surface area contributed by atoms with Gasteiger partial charge in [-0.1, -0.05) is 46.8 Å². The maximum atomic E-state index is 11.7. The van der Waals surface area contributed by atoms with Crippen molar-refractivity contribution in [2.75, 3.05) is 5.32 Å². The number of carbonyl (C=O) groups excluding carboxylic acids is 1. The predicted octanol–water partition coefficient (Wildman–Crippen LogP) is 4.30. The molecule has 3 heteroatoms. The second-order valence-corrected chi connectivity index (χ2v) is 5.35. The SMILES string of the molecule is CC.CC(C)(C)C(=O)Nc1ccccc1I. The van der Waals surface area contributed by atoms with Crippen LogP contribution in [0.4, 0.5) is 5.69 Å². The highest BCUT2D eigenvalue weighted by molar-refractivity contribution is 14.1.